The van der Waals surface area contributed by atoms with E-state index in [9.17, 15) is 43.2 Å². The van der Waals surface area contributed by atoms with Crippen LogP contribution in [0.4, 0.5) is 0 Å². The number of hydrogen-bond donors (Lipinski definition) is 3. The van der Waals surface area contributed by atoms with Crippen LogP contribution in [0.25, 0.3) is 0 Å². The zero-order valence-corrected chi connectivity index (χ0v) is 65.3. The number of esters is 4. The van der Waals surface area contributed by atoms with Crippen LogP contribution in [-0.2, 0) is 65.4 Å². The Kier molecular flexibility index (Phi) is 67.1. The molecule has 3 N–H and O–H groups in total. The summed E-state index contributed by atoms with van der Waals surface area (Å²) in [4.78, 5) is 72.9. The van der Waals surface area contributed by atoms with Crippen molar-refractivity contribution >= 4 is 39.5 Å². The topological polar surface area (TPSA) is 237 Å². The summed E-state index contributed by atoms with van der Waals surface area (Å²) in [5.74, 6) is 0.169. The van der Waals surface area contributed by atoms with Crippen molar-refractivity contribution in [1.82, 2.24) is 0 Å². The molecule has 0 spiro atoms. The Hall–Kier alpha value is -1.94. The number of unbranched alkanes of at least 4 members (excludes halogenated alkanes) is 43. The lowest BCUT2D eigenvalue weighted by Crippen LogP contribution is -2.30. The van der Waals surface area contributed by atoms with Crippen LogP contribution < -0.4 is 0 Å². The van der Waals surface area contributed by atoms with E-state index >= 15 is 0 Å². The molecule has 0 bridgehead atoms. The average Bonchev–Trinajstić information content (AvgIpc) is 1.18. The van der Waals surface area contributed by atoms with E-state index in [0.29, 0.717) is 25.7 Å². The number of phosphoric acid groups is 2. The maximum absolute atomic E-state index is 13.1. The molecule has 97 heavy (non-hydrogen) atoms. The highest BCUT2D eigenvalue weighted by Gasteiger charge is 2.30. The monoisotopic (exact) mass is 1420 g/mol. The molecule has 0 aliphatic rings. The lowest BCUT2D eigenvalue weighted by molar-refractivity contribution is -0.161. The van der Waals surface area contributed by atoms with Crippen LogP contribution in [0, 0.1) is 17.8 Å². The van der Waals surface area contributed by atoms with E-state index < -0.39 is 97.5 Å². The highest BCUT2D eigenvalue weighted by Crippen LogP contribution is 2.45. The van der Waals surface area contributed by atoms with Gasteiger partial charge in [0.1, 0.15) is 19.3 Å². The molecule has 6 atom stereocenters. The first kappa shape index (κ1) is 95.1. The molecular weight excluding hydrogens is 1270 g/mol. The Morgan fingerprint density at radius 2 is 0.526 bits per heavy atom. The second-order valence-corrected chi connectivity index (χ2v) is 32.2. The summed E-state index contributed by atoms with van der Waals surface area (Å²) in [5, 5.41) is 10.6. The van der Waals surface area contributed by atoms with Crippen LogP contribution in [-0.4, -0.2) is 96.7 Å². The average molecular weight is 1420 g/mol. The van der Waals surface area contributed by atoms with E-state index in [4.69, 9.17) is 37.0 Å². The predicted octanol–water partition coefficient (Wildman–Crippen LogP) is 23.0. The minimum absolute atomic E-state index is 0.105. The van der Waals surface area contributed by atoms with Crippen molar-refractivity contribution in [3.05, 3.63) is 0 Å². The van der Waals surface area contributed by atoms with E-state index in [1.807, 2.05) is 0 Å². The summed E-state index contributed by atoms with van der Waals surface area (Å²) in [6, 6.07) is 0. The van der Waals surface area contributed by atoms with Crippen molar-refractivity contribution in [3.63, 3.8) is 0 Å². The van der Waals surface area contributed by atoms with Gasteiger partial charge in [0.15, 0.2) is 12.2 Å². The molecule has 0 saturated carbocycles. The molecule has 0 aromatic rings. The van der Waals surface area contributed by atoms with Crippen molar-refractivity contribution in [2.75, 3.05) is 39.6 Å². The summed E-state index contributed by atoms with van der Waals surface area (Å²) < 4.78 is 68.6. The van der Waals surface area contributed by atoms with Gasteiger partial charge in [-0.05, 0) is 43.4 Å². The van der Waals surface area contributed by atoms with Crippen molar-refractivity contribution in [2.24, 2.45) is 17.8 Å². The first-order chi connectivity index (χ1) is 46.8. The number of carbonyl (C=O) groups is 4. The van der Waals surface area contributed by atoms with Crippen LogP contribution in [0.2, 0.25) is 0 Å². The van der Waals surface area contributed by atoms with Crippen molar-refractivity contribution in [1.29, 1.82) is 0 Å². The van der Waals surface area contributed by atoms with E-state index in [1.54, 1.807) is 0 Å². The van der Waals surface area contributed by atoms with Gasteiger partial charge in [0.2, 0.25) is 0 Å². The van der Waals surface area contributed by atoms with Gasteiger partial charge in [-0.1, -0.05) is 350 Å². The largest absolute Gasteiger partial charge is 0.472 e. The predicted molar refractivity (Wildman–Crippen MR) is 395 cm³/mol. The van der Waals surface area contributed by atoms with Crippen LogP contribution >= 0.6 is 15.6 Å². The van der Waals surface area contributed by atoms with E-state index in [1.165, 1.54) is 212 Å². The maximum atomic E-state index is 13.1. The molecule has 19 heteroatoms. The van der Waals surface area contributed by atoms with Gasteiger partial charge < -0.3 is 33.8 Å². The second-order valence-electron chi connectivity index (χ2n) is 29.3. The van der Waals surface area contributed by atoms with E-state index in [-0.39, 0.29) is 25.7 Å². The second kappa shape index (κ2) is 68.5. The minimum atomic E-state index is -4.96. The molecule has 0 rings (SSSR count). The first-order valence-corrected chi connectivity index (χ1v) is 43.4. The third-order valence-corrected chi connectivity index (χ3v) is 20.4. The van der Waals surface area contributed by atoms with Gasteiger partial charge in [0.25, 0.3) is 0 Å². The lowest BCUT2D eigenvalue weighted by atomic mass is 9.99. The summed E-state index contributed by atoms with van der Waals surface area (Å²) >= 11 is 0. The molecule has 3 unspecified atom stereocenters. The molecule has 0 saturated heterocycles. The normalized spacial score (nSPS) is 14.3. The van der Waals surface area contributed by atoms with Gasteiger partial charge in [-0.25, -0.2) is 9.13 Å². The van der Waals surface area contributed by atoms with Gasteiger partial charge in [-0.15, -0.1) is 0 Å². The fourth-order valence-corrected chi connectivity index (χ4v) is 13.5. The summed E-state index contributed by atoms with van der Waals surface area (Å²) in [6.45, 7) is 11.9. The number of rotatable bonds is 76. The zero-order valence-electron chi connectivity index (χ0n) is 63.5. The fraction of sp³-hybridized carbons (Fsp3) is 0.949. The Labute approximate surface area is 594 Å². The van der Waals surface area contributed by atoms with Gasteiger partial charge in [0, 0.05) is 25.7 Å². The molecule has 0 amide bonds. The van der Waals surface area contributed by atoms with Crippen LogP contribution in [0.3, 0.4) is 0 Å². The smallest absolute Gasteiger partial charge is 0.462 e. The van der Waals surface area contributed by atoms with Crippen molar-refractivity contribution in [3.8, 4) is 0 Å². The Bertz CT molecular complexity index is 1890. The molecular formula is C78H152O17P2. The third kappa shape index (κ3) is 70.9. The van der Waals surface area contributed by atoms with E-state index in [2.05, 4.69) is 48.5 Å². The van der Waals surface area contributed by atoms with Gasteiger partial charge in [0.05, 0.1) is 26.4 Å². The molecule has 0 fully saturated rings. The standard InChI is InChI=1S/C78H152O17P2/c1-8-10-11-12-13-14-15-16-17-18-19-20-21-22-25-31-40-47-54-61-77(82)94-73(65-88-75(80)59-52-45-38-30-26-23-24-28-35-42-49-56-69(3)4)67-92-96(84,85)90-63-72(79)64-91-97(86,87)93-68-74(95-78(83)62-55-48-41-32-27-29-36-43-50-57-70(5)6)66-89-76(81)60-53-46-39-34-33-37-44-51-58-71(7)9-2/h69-74,79H,8-68H2,1-7H3,(H,84,85)(H,86,87)/t71?,72-,73-,74-/m1/s1. The maximum Gasteiger partial charge on any atom is 0.472 e. The zero-order chi connectivity index (χ0) is 71.6. The Morgan fingerprint density at radius 3 is 0.784 bits per heavy atom. The fourth-order valence-electron chi connectivity index (χ4n) is 11.9. The Morgan fingerprint density at radius 1 is 0.299 bits per heavy atom. The molecule has 0 aliphatic carbocycles. The number of aliphatic hydroxyl groups is 1. The van der Waals surface area contributed by atoms with Crippen LogP contribution in [0.1, 0.15) is 402 Å². The quantitative estimate of drug-likeness (QED) is 0.0222. The SMILES string of the molecule is CCCCCCCCCCCCCCCCCCCCCC(=O)O[C@H](COC(=O)CCCCCCCCCCCCCC(C)C)COP(=O)(O)OC[C@@H](O)COP(=O)(O)OC[C@@H](COC(=O)CCCCCCCCCCC(C)CC)OC(=O)CCCCCCCCCCCC(C)C. The summed E-state index contributed by atoms with van der Waals surface area (Å²) in [6.07, 6.45) is 55.5. The lowest BCUT2D eigenvalue weighted by Gasteiger charge is -2.21. The van der Waals surface area contributed by atoms with Crippen molar-refractivity contribution in [2.45, 2.75) is 420 Å². The third-order valence-electron chi connectivity index (χ3n) is 18.5. The van der Waals surface area contributed by atoms with Gasteiger partial charge >= 0.3 is 39.5 Å². The van der Waals surface area contributed by atoms with Crippen molar-refractivity contribution < 1.29 is 80.2 Å². The first-order valence-electron chi connectivity index (χ1n) is 40.4. The molecule has 0 aliphatic heterocycles. The molecule has 17 nitrogen and oxygen atoms in total. The molecule has 0 aromatic carbocycles. The molecule has 0 radical (unpaired) electrons. The number of ether oxygens (including phenoxy) is 4. The minimum Gasteiger partial charge on any atom is -0.462 e. The number of carbonyl (C=O) groups excluding carboxylic acids is 4. The molecule has 576 valence electrons. The number of aliphatic hydroxyl groups excluding tert-OH is 1. The van der Waals surface area contributed by atoms with Crippen LogP contribution in [0.15, 0.2) is 0 Å². The highest BCUT2D eigenvalue weighted by atomic mass is 31.2. The van der Waals surface area contributed by atoms with Gasteiger partial charge in [-0.2, -0.15) is 0 Å². The van der Waals surface area contributed by atoms with E-state index in [0.717, 1.165) is 108 Å². The summed E-state index contributed by atoms with van der Waals surface area (Å²) in [7, 11) is -9.92. The van der Waals surface area contributed by atoms with Crippen LogP contribution in [0.5, 0.6) is 0 Å². The summed E-state index contributed by atoms with van der Waals surface area (Å²) in [5.41, 5.74) is 0. The Balaban J connectivity index is 5.25. The molecule has 0 heterocycles. The number of hydrogen-bond acceptors (Lipinski definition) is 15. The number of phosphoric ester groups is 2. The van der Waals surface area contributed by atoms with Gasteiger partial charge in [-0.3, -0.25) is 37.3 Å². The highest BCUT2D eigenvalue weighted by molar-refractivity contribution is 7.47. The molecule has 0 aromatic heterocycles.